The summed E-state index contributed by atoms with van der Waals surface area (Å²) < 4.78 is 10.4. The second-order valence-electron chi connectivity index (χ2n) is 7.99. The second-order valence-corrected chi connectivity index (χ2v) is 7.99. The lowest BCUT2D eigenvalue weighted by Gasteiger charge is -2.44. The van der Waals surface area contributed by atoms with Crippen molar-refractivity contribution in [1.82, 2.24) is 10.6 Å². The van der Waals surface area contributed by atoms with Crippen molar-refractivity contribution in [2.75, 3.05) is 6.61 Å². The summed E-state index contributed by atoms with van der Waals surface area (Å²) in [6.45, 7) is 6.97. The average molecular weight is 394 g/mol. The van der Waals surface area contributed by atoms with E-state index in [9.17, 15) is 19.8 Å². The number of rotatable bonds is 6. The van der Waals surface area contributed by atoms with Crippen LogP contribution < -0.4 is 10.6 Å². The third kappa shape index (κ3) is 5.43. The van der Waals surface area contributed by atoms with Gasteiger partial charge < -0.3 is 30.3 Å². The van der Waals surface area contributed by atoms with Crippen molar-refractivity contribution in [2.24, 2.45) is 11.3 Å². The fraction of sp³-hybridized carbons (Fsp3) is 0.600. The molecule has 0 aliphatic carbocycles. The molecule has 0 radical (unpaired) electrons. The highest BCUT2D eigenvalue weighted by atomic mass is 16.6. The van der Waals surface area contributed by atoms with Gasteiger partial charge in [0.05, 0.1) is 18.8 Å². The number of hydrogen-bond donors (Lipinski definition) is 4. The Bertz CT molecular complexity index is 664. The average Bonchev–Trinajstić information content (AvgIpc) is 2.66. The molecule has 1 heterocycles. The van der Waals surface area contributed by atoms with E-state index < -0.39 is 41.9 Å². The quantitative estimate of drug-likeness (QED) is 0.575. The summed E-state index contributed by atoms with van der Waals surface area (Å²) in [6.07, 6.45) is -2.82. The van der Waals surface area contributed by atoms with Gasteiger partial charge in [-0.2, -0.15) is 0 Å². The SMILES string of the molecule is CC(C)[C@H](NC(=O)OCc1ccccc1)C(=O)N[C@H]1COC(O)C(C)(C)[C@H]1O. The van der Waals surface area contributed by atoms with Gasteiger partial charge in [0.25, 0.3) is 0 Å². The largest absolute Gasteiger partial charge is 0.445 e. The van der Waals surface area contributed by atoms with Gasteiger partial charge in [0.2, 0.25) is 5.91 Å². The molecular weight excluding hydrogens is 364 g/mol. The first kappa shape index (κ1) is 22.1. The molecule has 1 unspecified atom stereocenters. The fourth-order valence-corrected chi connectivity index (χ4v) is 2.99. The van der Waals surface area contributed by atoms with Crippen LogP contribution in [0.2, 0.25) is 0 Å². The number of alkyl carbamates (subject to hydrolysis) is 1. The third-order valence-electron chi connectivity index (χ3n) is 4.98. The van der Waals surface area contributed by atoms with E-state index in [0.717, 1.165) is 5.56 Å². The zero-order chi connectivity index (χ0) is 20.9. The predicted molar refractivity (Wildman–Crippen MR) is 102 cm³/mol. The minimum atomic E-state index is -1.12. The van der Waals surface area contributed by atoms with Gasteiger partial charge in [-0.05, 0) is 11.5 Å². The van der Waals surface area contributed by atoms with Crippen LogP contribution in [-0.2, 0) is 20.9 Å². The molecule has 1 aromatic carbocycles. The van der Waals surface area contributed by atoms with Gasteiger partial charge in [-0.3, -0.25) is 4.79 Å². The Balaban J connectivity index is 1.93. The van der Waals surface area contributed by atoms with Crippen molar-refractivity contribution in [1.29, 1.82) is 0 Å². The van der Waals surface area contributed by atoms with Crippen LogP contribution in [0.1, 0.15) is 33.3 Å². The molecule has 1 aliphatic heterocycles. The van der Waals surface area contributed by atoms with Crippen molar-refractivity contribution in [3.05, 3.63) is 35.9 Å². The summed E-state index contributed by atoms with van der Waals surface area (Å²) in [4.78, 5) is 24.8. The van der Waals surface area contributed by atoms with E-state index in [0.29, 0.717) is 0 Å². The molecule has 0 spiro atoms. The zero-order valence-corrected chi connectivity index (χ0v) is 16.7. The standard InChI is InChI=1S/C20H30N2O6/c1-12(2)15(22-19(26)28-10-13-8-6-5-7-9-13)17(24)21-14-11-27-18(25)20(3,4)16(14)23/h5-9,12,14-16,18,23,25H,10-11H2,1-4H3,(H,21,24)(H,22,26)/t14-,15-,16-,18?/m0/s1. The predicted octanol–water partition coefficient (Wildman–Crippen LogP) is 1.16. The molecule has 8 nitrogen and oxygen atoms in total. The number of benzene rings is 1. The number of ether oxygens (including phenoxy) is 2. The van der Waals surface area contributed by atoms with Gasteiger partial charge in [0, 0.05) is 5.41 Å². The van der Waals surface area contributed by atoms with Gasteiger partial charge in [0.1, 0.15) is 12.6 Å². The van der Waals surface area contributed by atoms with Crippen LogP contribution in [0.5, 0.6) is 0 Å². The number of amides is 2. The molecular formula is C20H30N2O6. The summed E-state index contributed by atoms with van der Waals surface area (Å²) in [5.74, 6) is -0.656. The van der Waals surface area contributed by atoms with Crippen LogP contribution >= 0.6 is 0 Å². The summed E-state index contributed by atoms with van der Waals surface area (Å²) in [5.41, 5.74) is -0.0996. The third-order valence-corrected chi connectivity index (χ3v) is 4.98. The molecule has 2 rings (SSSR count). The Morgan fingerprint density at radius 3 is 2.50 bits per heavy atom. The molecule has 1 fully saturated rings. The number of hydrogen-bond acceptors (Lipinski definition) is 6. The van der Waals surface area contributed by atoms with Crippen molar-refractivity contribution in [3.8, 4) is 0 Å². The maximum absolute atomic E-state index is 12.7. The van der Waals surface area contributed by atoms with Gasteiger partial charge in [-0.1, -0.05) is 58.0 Å². The summed E-state index contributed by atoms with van der Waals surface area (Å²) >= 11 is 0. The number of aliphatic hydroxyl groups is 2. The Hall–Kier alpha value is -2.16. The summed E-state index contributed by atoms with van der Waals surface area (Å²) in [6, 6.07) is 7.68. The van der Waals surface area contributed by atoms with E-state index in [4.69, 9.17) is 9.47 Å². The number of carbonyl (C=O) groups excluding carboxylic acids is 2. The lowest BCUT2D eigenvalue weighted by Crippen LogP contribution is -2.63. The lowest BCUT2D eigenvalue weighted by atomic mass is 9.80. The molecule has 4 atom stereocenters. The first-order chi connectivity index (χ1) is 13.1. The molecule has 4 N–H and O–H groups in total. The summed E-state index contributed by atoms with van der Waals surface area (Å²) in [5, 5.41) is 25.6. The van der Waals surface area contributed by atoms with E-state index in [1.807, 2.05) is 30.3 Å². The maximum atomic E-state index is 12.7. The minimum absolute atomic E-state index is 0.0270. The zero-order valence-electron chi connectivity index (χ0n) is 16.7. The number of nitrogens with one attached hydrogen (secondary N) is 2. The Kier molecular flexibility index (Phi) is 7.40. The van der Waals surface area contributed by atoms with E-state index >= 15 is 0 Å². The van der Waals surface area contributed by atoms with Gasteiger partial charge >= 0.3 is 6.09 Å². The van der Waals surface area contributed by atoms with Gasteiger partial charge in [0.15, 0.2) is 6.29 Å². The van der Waals surface area contributed by atoms with E-state index in [1.54, 1.807) is 27.7 Å². The molecule has 1 saturated heterocycles. The number of carbonyl (C=O) groups is 2. The van der Waals surface area contributed by atoms with Crippen molar-refractivity contribution in [2.45, 2.75) is 58.8 Å². The highest BCUT2D eigenvalue weighted by Gasteiger charge is 2.46. The van der Waals surface area contributed by atoms with Crippen LogP contribution in [-0.4, -0.2) is 53.3 Å². The lowest BCUT2D eigenvalue weighted by molar-refractivity contribution is -0.239. The van der Waals surface area contributed by atoms with Crippen LogP contribution in [0.25, 0.3) is 0 Å². The molecule has 0 aromatic heterocycles. The second kappa shape index (κ2) is 9.36. The van der Waals surface area contributed by atoms with Crippen molar-refractivity contribution in [3.63, 3.8) is 0 Å². The van der Waals surface area contributed by atoms with E-state index in [2.05, 4.69) is 10.6 Å². The molecule has 8 heteroatoms. The summed E-state index contributed by atoms with van der Waals surface area (Å²) in [7, 11) is 0. The molecule has 0 saturated carbocycles. The minimum Gasteiger partial charge on any atom is -0.445 e. The van der Waals surface area contributed by atoms with Crippen molar-refractivity contribution >= 4 is 12.0 Å². The first-order valence-corrected chi connectivity index (χ1v) is 9.38. The normalized spacial score (nSPS) is 25.0. The van der Waals surface area contributed by atoms with Crippen molar-refractivity contribution < 1.29 is 29.3 Å². The topological polar surface area (TPSA) is 117 Å². The van der Waals surface area contributed by atoms with Gasteiger partial charge in [-0.25, -0.2) is 4.79 Å². The number of aliphatic hydroxyl groups excluding tert-OH is 2. The van der Waals surface area contributed by atoms with E-state index in [1.165, 1.54) is 0 Å². The molecule has 156 valence electrons. The monoisotopic (exact) mass is 394 g/mol. The Labute approximate surface area is 165 Å². The molecule has 1 aromatic rings. The maximum Gasteiger partial charge on any atom is 0.408 e. The highest BCUT2D eigenvalue weighted by molar-refractivity contribution is 5.86. The van der Waals surface area contributed by atoms with Crippen LogP contribution in [0, 0.1) is 11.3 Å². The molecule has 0 bridgehead atoms. The Morgan fingerprint density at radius 2 is 1.89 bits per heavy atom. The fourth-order valence-electron chi connectivity index (χ4n) is 2.99. The molecule has 28 heavy (non-hydrogen) atoms. The molecule has 2 amide bonds. The molecule has 1 aliphatic rings. The Morgan fingerprint density at radius 1 is 1.25 bits per heavy atom. The first-order valence-electron chi connectivity index (χ1n) is 9.38. The van der Waals surface area contributed by atoms with Crippen LogP contribution in [0.3, 0.4) is 0 Å². The van der Waals surface area contributed by atoms with Gasteiger partial charge in [-0.15, -0.1) is 0 Å². The smallest absolute Gasteiger partial charge is 0.408 e. The highest BCUT2D eigenvalue weighted by Crippen LogP contribution is 2.32. The van der Waals surface area contributed by atoms with E-state index in [-0.39, 0.29) is 19.1 Å². The van der Waals surface area contributed by atoms with Crippen LogP contribution in [0.15, 0.2) is 30.3 Å². The van der Waals surface area contributed by atoms with Crippen LogP contribution in [0.4, 0.5) is 4.79 Å².